The third-order valence-electron chi connectivity index (χ3n) is 3.61. The molecule has 0 aromatic carbocycles. The van der Waals surface area contributed by atoms with Crippen molar-refractivity contribution in [2.45, 2.75) is 45.1 Å². The number of aliphatic carboxylic acids is 1. The lowest BCUT2D eigenvalue weighted by molar-refractivity contribution is -0.138. The Labute approximate surface area is 112 Å². The molecular weight excluding hydrogens is 246 g/mol. The van der Waals surface area contributed by atoms with Gasteiger partial charge in [-0.15, -0.1) is 0 Å². The third-order valence-corrected chi connectivity index (χ3v) is 3.61. The second-order valence-corrected chi connectivity index (χ2v) is 5.20. The van der Waals surface area contributed by atoms with Crippen LogP contribution in [0.1, 0.15) is 48.4 Å². The summed E-state index contributed by atoms with van der Waals surface area (Å²) in [6, 6.07) is 3.56. The number of hydrogen-bond donors (Lipinski definition) is 2. The number of furan rings is 1. The van der Waals surface area contributed by atoms with E-state index in [9.17, 15) is 9.59 Å². The van der Waals surface area contributed by atoms with Crippen LogP contribution in [-0.2, 0) is 4.79 Å². The van der Waals surface area contributed by atoms with Crippen molar-refractivity contribution in [3.05, 3.63) is 23.7 Å². The maximum absolute atomic E-state index is 11.9. The van der Waals surface area contributed by atoms with Gasteiger partial charge >= 0.3 is 5.97 Å². The molecule has 0 spiro atoms. The lowest BCUT2D eigenvalue weighted by Gasteiger charge is -2.27. The van der Waals surface area contributed by atoms with Gasteiger partial charge in [0.15, 0.2) is 5.76 Å². The van der Waals surface area contributed by atoms with Crippen molar-refractivity contribution >= 4 is 11.9 Å². The van der Waals surface area contributed by atoms with E-state index in [-0.39, 0.29) is 24.3 Å². The molecule has 1 aromatic rings. The summed E-state index contributed by atoms with van der Waals surface area (Å²) in [5, 5.41) is 11.7. The first-order valence-electron chi connectivity index (χ1n) is 6.63. The number of nitrogens with one attached hydrogen (secondary N) is 1. The van der Waals surface area contributed by atoms with E-state index in [0.717, 1.165) is 31.4 Å². The van der Waals surface area contributed by atoms with Crippen molar-refractivity contribution in [2.75, 3.05) is 0 Å². The van der Waals surface area contributed by atoms with Crippen LogP contribution in [0.15, 0.2) is 16.5 Å². The molecule has 1 aromatic heterocycles. The number of carboxylic acids is 1. The van der Waals surface area contributed by atoms with Gasteiger partial charge in [0.2, 0.25) is 0 Å². The van der Waals surface area contributed by atoms with Crippen molar-refractivity contribution < 1.29 is 19.1 Å². The van der Waals surface area contributed by atoms with Gasteiger partial charge in [0.25, 0.3) is 5.91 Å². The zero-order valence-electron chi connectivity index (χ0n) is 11.0. The van der Waals surface area contributed by atoms with Gasteiger partial charge in [0.05, 0.1) is 0 Å². The van der Waals surface area contributed by atoms with Gasteiger partial charge in [-0.05, 0) is 50.7 Å². The summed E-state index contributed by atoms with van der Waals surface area (Å²) >= 11 is 0. The Morgan fingerprint density at radius 1 is 1.32 bits per heavy atom. The molecule has 19 heavy (non-hydrogen) atoms. The van der Waals surface area contributed by atoms with Crippen molar-refractivity contribution in [3.8, 4) is 0 Å². The zero-order chi connectivity index (χ0) is 13.8. The molecule has 1 saturated carbocycles. The normalized spacial score (nSPS) is 23.0. The van der Waals surface area contributed by atoms with Crippen LogP contribution < -0.4 is 5.32 Å². The second kappa shape index (κ2) is 5.91. The molecule has 1 amide bonds. The highest BCUT2D eigenvalue weighted by Crippen LogP contribution is 2.27. The maximum Gasteiger partial charge on any atom is 0.303 e. The molecule has 5 heteroatoms. The summed E-state index contributed by atoms with van der Waals surface area (Å²) in [6.45, 7) is 1.80. The van der Waals surface area contributed by atoms with Crippen molar-refractivity contribution in [1.82, 2.24) is 5.32 Å². The third kappa shape index (κ3) is 3.84. The Balaban J connectivity index is 1.79. The molecule has 0 aliphatic heterocycles. The molecule has 0 unspecified atom stereocenters. The van der Waals surface area contributed by atoms with Gasteiger partial charge in [0.1, 0.15) is 5.76 Å². The predicted molar refractivity (Wildman–Crippen MR) is 68.9 cm³/mol. The molecule has 2 rings (SSSR count). The van der Waals surface area contributed by atoms with E-state index in [1.807, 2.05) is 0 Å². The number of aryl methyl sites for hydroxylation is 1. The van der Waals surface area contributed by atoms with Crippen molar-refractivity contribution in [2.24, 2.45) is 5.92 Å². The Morgan fingerprint density at radius 2 is 2.00 bits per heavy atom. The second-order valence-electron chi connectivity index (χ2n) is 5.20. The first kappa shape index (κ1) is 13.6. The Hall–Kier alpha value is -1.78. The molecule has 1 aliphatic carbocycles. The average Bonchev–Trinajstić information content (AvgIpc) is 2.78. The van der Waals surface area contributed by atoms with Gasteiger partial charge in [-0.2, -0.15) is 0 Å². The van der Waals surface area contributed by atoms with E-state index < -0.39 is 5.97 Å². The Morgan fingerprint density at radius 3 is 2.53 bits per heavy atom. The van der Waals surface area contributed by atoms with E-state index in [1.54, 1.807) is 19.1 Å². The highest BCUT2D eigenvalue weighted by molar-refractivity contribution is 5.91. The van der Waals surface area contributed by atoms with E-state index >= 15 is 0 Å². The SMILES string of the molecule is Cc1ccc(C(=O)NC2CCC(CC(=O)O)CC2)o1. The minimum atomic E-state index is -0.737. The van der Waals surface area contributed by atoms with Crippen LogP contribution in [0.2, 0.25) is 0 Å². The fourth-order valence-corrected chi connectivity index (χ4v) is 2.57. The molecule has 104 valence electrons. The summed E-state index contributed by atoms with van der Waals surface area (Å²) in [4.78, 5) is 22.5. The quantitative estimate of drug-likeness (QED) is 0.875. The van der Waals surface area contributed by atoms with Crippen LogP contribution in [0, 0.1) is 12.8 Å². The molecule has 0 saturated heterocycles. The lowest BCUT2D eigenvalue weighted by atomic mass is 9.84. The average molecular weight is 265 g/mol. The molecule has 1 heterocycles. The van der Waals surface area contributed by atoms with Gasteiger partial charge in [-0.25, -0.2) is 0 Å². The molecule has 2 N–H and O–H groups in total. The van der Waals surface area contributed by atoms with Crippen molar-refractivity contribution in [1.29, 1.82) is 0 Å². The van der Waals surface area contributed by atoms with E-state index in [0.29, 0.717) is 5.76 Å². The fraction of sp³-hybridized carbons (Fsp3) is 0.571. The van der Waals surface area contributed by atoms with Crippen LogP contribution in [0.5, 0.6) is 0 Å². The topological polar surface area (TPSA) is 79.5 Å². The zero-order valence-corrected chi connectivity index (χ0v) is 11.0. The summed E-state index contributed by atoms with van der Waals surface area (Å²) in [5.41, 5.74) is 0. The molecule has 0 bridgehead atoms. The lowest BCUT2D eigenvalue weighted by Crippen LogP contribution is -2.37. The number of carboxylic acid groups (broad SMARTS) is 1. The number of rotatable bonds is 4. The van der Waals surface area contributed by atoms with Gasteiger partial charge in [-0.3, -0.25) is 9.59 Å². The maximum atomic E-state index is 11.9. The number of carbonyl (C=O) groups is 2. The number of hydrogen-bond acceptors (Lipinski definition) is 3. The highest BCUT2D eigenvalue weighted by Gasteiger charge is 2.24. The summed E-state index contributed by atoms with van der Waals surface area (Å²) in [6.07, 6.45) is 3.62. The number of carbonyl (C=O) groups excluding carboxylic acids is 1. The molecular formula is C14H19NO4. The smallest absolute Gasteiger partial charge is 0.303 e. The van der Waals surface area contributed by atoms with Crippen LogP contribution in [0.25, 0.3) is 0 Å². The molecule has 5 nitrogen and oxygen atoms in total. The van der Waals surface area contributed by atoms with Crippen LogP contribution >= 0.6 is 0 Å². The summed E-state index contributed by atoms with van der Waals surface area (Å²) in [5.74, 6) is 0.380. The monoisotopic (exact) mass is 265 g/mol. The standard InChI is InChI=1S/C14H19NO4/c1-9-2-7-12(19-9)14(18)15-11-5-3-10(4-6-11)8-13(16)17/h2,7,10-11H,3-6,8H2,1H3,(H,15,18)(H,16,17). The van der Waals surface area contributed by atoms with E-state index in [4.69, 9.17) is 9.52 Å². The Bertz CT molecular complexity index is 458. The van der Waals surface area contributed by atoms with Crippen LogP contribution in [0.4, 0.5) is 0 Å². The molecule has 1 aliphatic rings. The minimum absolute atomic E-state index is 0.128. The Kier molecular flexibility index (Phi) is 4.24. The molecule has 1 fully saturated rings. The molecule has 0 atom stereocenters. The highest BCUT2D eigenvalue weighted by atomic mass is 16.4. The fourth-order valence-electron chi connectivity index (χ4n) is 2.57. The summed E-state index contributed by atoms with van der Waals surface area (Å²) in [7, 11) is 0. The van der Waals surface area contributed by atoms with Crippen LogP contribution in [0.3, 0.4) is 0 Å². The first-order valence-corrected chi connectivity index (χ1v) is 6.63. The van der Waals surface area contributed by atoms with E-state index in [1.165, 1.54) is 0 Å². The van der Waals surface area contributed by atoms with E-state index in [2.05, 4.69) is 5.32 Å². The van der Waals surface area contributed by atoms with Gasteiger partial charge in [-0.1, -0.05) is 0 Å². The van der Waals surface area contributed by atoms with Gasteiger partial charge in [0, 0.05) is 12.5 Å². The predicted octanol–water partition coefficient (Wildman–Crippen LogP) is 2.35. The number of amides is 1. The van der Waals surface area contributed by atoms with Crippen molar-refractivity contribution in [3.63, 3.8) is 0 Å². The largest absolute Gasteiger partial charge is 0.481 e. The van der Waals surface area contributed by atoms with Gasteiger partial charge < -0.3 is 14.8 Å². The van der Waals surface area contributed by atoms with Crippen LogP contribution in [-0.4, -0.2) is 23.0 Å². The summed E-state index contributed by atoms with van der Waals surface area (Å²) < 4.78 is 5.27. The first-order chi connectivity index (χ1) is 9.04. The minimum Gasteiger partial charge on any atom is -0.481 e. The molecule has 0 radical (unpaired) electrons.